The fourth-order valence-electron chi connectivity index (χ4n) is 4.87. The van der Waals surface area contributed by atoms with Crippen molar-refractivity contribution in [2.24, 2.45) is 17.8 Å². The lowest BCUT2D eigenvalue weighted by Gasteiger charge is -2.33. The van der Waals surface area contributed by atoms with Gasteiger partial charge in [-0.25, -0.2) is 9.78 Å². The minimum absolute atomic E-state index is 0.0175. The number of aromatic nitrogens is 1. The van der Waals surface area contributed by atoms with E-state index in [2.05, 4.69) is 10.3 Å². The summed E-state index contributed by atoms with van der Waals surface area (Å²) in [4.78, 5) is 44.2. The quantitative estimate of drug-likeness (QED) is 0.302. The van der Waals surface area contributed by atoms with Crippen LogP contribution in [-0.4, -0.2) is 40.6 Å². The van der Waals surface area contributed by atoms with Gasteiger partial charge in [-0.1, -0.05) is 12.1 Å². The zero-order chi connectivity index (χ0) is 27.7. The lowest BCUT2D eigenvalue weighted by atomic mass is 9.81. The summed E-state index contributed by atoms with van der Waals surface area (Å²) in [5, 5.41) is 14.4. The van der Waals surface area contributed by atoms with E-state index in [0.717, 1.165) is 24.2 Å². The fourth-order valence-corrected chi connectivity index (χ4v) is 6.41. The summed E-state index contributed by atoms with van der Waals surface area (Å²) in [6, 6.07) is 8.59. The molecule has 0 saturated heterocycles. The van der Waals surface area contributed by atoms with Gasteiger partial charge in [0.1, 0.15) is 10.6 Å². The van der Waals surface area contributed by atoms with E-state index in [4.69, 9.17) is 0 Å². The highest BCUT2D eigenvalue weighted by atomic mass is 32.1. The third kappa shape index (κ3) is 6.33. The minimum atomic E-state index is -4.26. The molecule has 5 rings (SSSR count). The number of anilines is 2. The summed E-state index contributed by atoms with van der Waals surface area (Å²) in [7, 11) is 0. The third-order valence-electron chi connectivity index (χ3n) is 7.23. The van der Waals surface area contributed by atoms with E-state index in [-0.39, 0.29) is 48.3 Å². The molecule has 2 aliphatic rings. The second-order valence-corrected chi connectivity index (χ2v) is 11.8. The molecule has 206 valence electrons. The van der Waals surface area contributed by atoms with Gasteiger partial charge < -0.3 is 15.3 Å². The number of benzene rings is 1. The predicted octanol–water partition coefficient (Wildman–Crippen LogP) is 6.93. The van der Waals surface area contributed by atoms with Crippen LogP contribution in [-0.2, 0) is 4.79 Å². The Kier molecular flexibility index (Phi) is 7.77. The van der Waals surface area contributed by atoms with E-state index in [9.17, 15) is 32.7 Å². The van der Waals surface area contributed by atoms with Crippen LogP contribution in [0.5, 0.6) is 0 Å². The maximum absolute atomic E-state index is 13.6. The first-order valence-corrected chi connectivity index (χ1v) is 14.4. The van der Waals surface area contributed by atoms with Gasteiger partial charge in [0.15, 0.2) is 0 Å². The highest BCUT2D eigenvalue weighted by Crippen LogP contribution is 2.43. The van der Waals surface area contributed by atoms with Crippen molar-refractivity contribution in [2.45, 2.75) is 44.7 Å². The van der Waals surface area contributed by atoms with Crippen molar-refractivity contribution in [3.63, 3.8) is 0 Å². The van der Waals surface area contributed by atoms with Crippen LogP contribution in [0.2, 0.25) is 0 Å². The van der Waals surface area contributed by atoms with Gasteiger partial charge in [0, 0.05) is 28.4 Å². The van der Waals surface area contributed by atoms with Crippen molar-refractivity contribution in [3.05, 3.63) is 51.8 Å². The smallest absolute Gasteiger partial charge is 0.391 e. The number of alkyl halides is 3. The Morgan fingerprint density at radius 1 is 1.05 bits per heavy atom. The van der Waals surface area contributed by atoms with Gasteiger partial charge >= 0.3 is 12.1 Å². The van der Waals surface area contributed by atoms with Crippen molar-refractivity contribution in [1.82, 2.24) is 4.98 Å². The normalized spacial score (nSPS) is 19.5. The number of hydrogen-bond acceptors (Lipinski definition) is 6. The number of rotatable bonds is 8. The van der Waals surface area contributed by atoms with Crippen LogP contribution in [0.1, 0.15) is 58.7 Å². The molecule has 2 heterocycles. The van der Waals surface area contributed by atoms with E-state index in [0.29, 0.717) is 34.1 Å². The molecule has 2 aromatic heterocycles. The number of hydrogen-bond donors (Lipinski definition) is 2. The molecule has 0 aliphatic heterocycles. The largest absolute Gasteiger partial charge is 0.477 e. The van der Waals surface area contributed by atoms with Gasteiger partial charge in [-0.3, -0.25) is 9.59 Å². The van der Waals surface area contributed by atoms with Crippen molar-refractivity contribution in [3.8, 4) is 10.4 Å². The standard InChI is InChI=1S/C27H26F3N3O4S2/c28-27(29,30)18-7-3-17(4-8-18)25(35)33(12-15-1-2-15)21-11-22(39-23(21)26(36)37)16-5-9-19(10-6-16)32-24(34)20-13-38-14-31-20/h5-6,9-11,13-15,17-18H,1-4,7-8,12H2,(H,32,34)(H,36,37)/t17-,18-. The van der Waals surface area contributed by atoms with Crippen LogP contribution in [0.25, 0.3) is 10.4 Å². The van der Waals surface area contributed by atoms with Crippen LogP contribution >= 0.6 is 22.7 Å². The molecule has 39 heavy (non-hydrogen) atoms. The van der Waals surface area contributed by atoms with Crippen molar-refractivity contribution < 1.29 is 32.7 Å². The summed E-state index contributed by atoms with van der Waals surface area (Å²) in [5.41, 5.74) is 3.43. The molecule has 2 aliphatic carbocycles. The molecule has 1 aromatic carbocycles. The average molecular weight is 578 g/mol. The maximum Gasteiger partial charge on any atom is 0.391 e. The molecular formula is C27H26F3N3O4S2. The Balaban J connectivity index is 1.37. The zero-order valence-electron chi connectivity index (χ0n) is 20.7. The Labute approximate surface area is 230 Å². The van der Waals surface area contributed by atoms with E-state index in [1.54, 1.807) is 41.2 Å². The summed E-state index contributed by atoms with van der Waals surface area (Å²) in [6.07, 6.45) is -2.32. The Morgan fingerprint density at radius 2 is 1.74 bits per heavy atom. The van der Waals surface area contributed by atoms with E-state index >= 15 is 0 Å². The molecule has 2 saturated carbocycles. The number of carboxylic acids is 1. The molecule has 12 heteroatoms. The molecule has 0 spiro atoms. The van der Waals surface area contributed by atoms with Gasteiger partial charge in [0.25, 0.3) is 5.91 Å². The second-order valence-electron chi connectivity index (χ2n) is 10.0. The molecule has 2 fully saturated rings. The minimum Gasteiger partial charge on any atom is -0.477 e. The molecule has 0 bridgehead atoms. The van der Waals surface area contributed by atoms with Gasteiger partial charge in [0.05, 0.1) is 17.1 Å². The van der Waals surface area contributed by atoms with Crippen molar-refractivity contribution in [2.75, 3.05) is 16.8 Å². The zero-order valence-corrected chi connectivity index (χ0v) is 22.4. The lowest BCUT2D eigenvalue weighted by molar-refractivity contribution is -0.184. The van der Waals surface area contributed by atoms with Crippen LogP contribution in [0.3, 0.4) is 0 Å². The molecule has 2 amide bonds. The Bertz CT molecular complexity index is 1340. The van der Waals surface area contributed by atoms with E-state index in [1.807, 2.05) is 0 Å². The molecule has 0 radical (unpaired) electrons. The second kappa shape index (κ2) is 11.1. The summed E-state index contributed by atoms with van der Waals surface area (Å²) < 4.78 is 39.4. The first kappa shape index (κ1) is 27.3. The number of nitrogens with one attached hydrogen (secondary N) is 1. The summed E-state index contributed by atoms with van der Waals surface area (Å²) in [6.45, 7) is 0.357. The van der Waals surface area contributed by atoms with Crippen LogP contribution < -0.4 is 10.2 Å². The topological polar surface area (TPSA) is 99.6 Å². The van der Waals surface area contributed by atoms with E-state index < -0.39 is 24.0 Å². The summed E-state index contributed by atoms with van der Waals surface area (Å²) >= 11 is 2.36. The average Bonchev–Trinajstić information content (AvgIpc) is 3.37. The number of carbonyl (C=O) groups is 3. The fraction of sp³-hybridized carbons (Fsp3) is 0.407. The number of aromatic carboxylic acids is 1. The number of thiazole rings is 1. The van der Waals surface area contributed by atoms with Gasteiger partial charge in [-0.2, -0.15) is 13.2 Å². The number of nitrogens with zero attached hydrogens (tertiary/aromatic N) is 2. The lowest BCUT2D eigenvalue weighted by Crippen LogP contribution is -2.40. The Hall–Kier alpha value is -3.25. The molecule has 7 nitrogen and oxygen atoms in total. The highest BCUT2D eigenvalue weighted by Gasteiger charge is 2.44. The first-order chi connectivity index (χ1) is 18.6. The van der Waals surface area contributed by atoms with Gasteiger partial charge in [0.2, 0.25) is 5.91 Å². The molecular weight excluding hydrogens is 551 g/mol. The Morgan fingerprint density at radius 3 is 2.31 bits per heavy atom. The van der Waals surface area contributed by atoms with Gasteiger partial charge in [-0.15, -0.1) is 22.7 Å². The summed E-state index contributed by atoms with van der Waals surface area (Å²) in [5.74, 6) is -3.50. The monoisotopic (exact) mass is 577 g/mol. The first-order valence-electron chi connectivity index (χ1n) is 12.7. The molecule has 0 unspecified atom stereocenters. The third-order valence-corrected chi connectivity index (χ3v) is 8.98. The predicted molar refractivity (Wildman–Crippen MR) is 143 cm³/mol. The number of halogens is 3. The van der Waals surface area contributed by atoms with Crippen molar-refractivity contribution in [1.29, 1.82) is 0 Å². The van der Waals surface area contributed by atoms with Crippen molar-refractivity contribution >= 4 is 51.8 Å². The van der Waals surface area contributed by atoms with Crippen LogP contribution in [0.4, 0.5) is 24.5 Å². The van der Waals surface area contributed by atoms with Gasteiger partial charge in [-0.05, 0) is 68.2 Å². The van der Waals surface area contributed by atoms with Crippen LogP contribution in [0.15, 0.2) is 41.2 Å². The number of carbonyl (C=O) groups excluding carboxylic acids is 2. The molecule has 3 aromatic rings. The number of carboxylic acid groups (broad SMARTS) is 1. The molecule has 0 atom stereocenters. The molecule has 2 N–H and O–H groups in total. The SMILES string of the molecule is O=C(Nc1ccc(-c2cc(N(CC3CC3)C(=O)[C@H]3CC[C@H](C(F)(F)F)CC3)c(C(=O)O)s2)cc1)c1cscn1. The number of amides is 2. The maximum atomic E-state index is 13.6. The van der Waals surface area contributed by atoms with Crippen LogP contribution in [0, 0.1) is 17.8 Å². The number of thiophene rings is 1. The van der Waals surface area contributed by atoms with E-state index in [1.165, 1.54) is 16.2 Å². The highest BCUT2D eigenvalue weighted by molar-refractivity contribution is 7.18.